The Kier molecular flexibility index (Phi) is 6.23. The van der Waals surface area contributed by atoms with Crippen LogP contribution in [0, 0.1) is 0 Å². The van der Waals surface area contributed by atoms with Gasteiger partial charge in [0, 0.05) is 36.8 Å². The molecule has 10 heteroatoms. The van der Waals surface area contributed by atoms with Crippen LogP contribution in [0.3, 0.4) is 0 Å². The molecule has 0 atom stereocenters. The first-order valence-electron chi connectivity index (χ1n) is 12.0. The monoisotopic (exact) mass is 512 g/mol. The molecule has 0 radical (unpaired) electrons. The molecule has 7 nitrogen and oxygen atoms in total. The second kappa shape index (κ2) is 9.49. The van der Waals surface area contributed by atoms with Gasteiger partial charge in [0.25, 0.3) is 5.56 Å². The van der Waals surface area contributed by atoms with Crippen molar-refractivity contribution in [2.45, 2.75) is 37.3 Å². The lowest BCUT2D eigenvalue weighted by Gasteiger charge is -2.34. The van der Waals surface area contributed by atoms with Crippen molar-refractivity contribution in [1.82, 2.24) is 19.5 Å². The standard InChI is InChI=1S/C24H28N6OS3/c25-30-22(31)20-16-6-1-3-8-18(16)33-21(20)27-24(30)32-15-5-10-28-11-13-29(14-12-28)23-26-17-7-2-4-9-19(17)34-23/h2,4,7,9H,1,3,5-6,8,10-15,25H2. The molecule has 4 aromatic rings. The number of aromatic nitrogens is 3. The Hall–Kier alpha value is -2.14. The smallest absolute Gasteiger partial charge is 0.281 e. The quantitative estimate of drug-likeness (QED) is 0.181. The van der Waals surface area contributed by atoms with Gasteiger partial charge in [0.1, 0.15) is 4.83 Å². The Balaban J connectivity index is 1.03. The molecule has 1 aliphatic heterocycles. The molecule has 0 unspecified atom stereocenters. The topological polar surface area (TPSA) is 80.3 Å². The van der Waals surface area contributed by atoms with Crippen LogP contribution in [0.2, 0.25) is 0 Å². The van der Waals surface area contributed by atoms with Crippen LogP contribution in [-0.2, 0) is 12.8 Å². The van der Waals surface area contributed by atoms with Gasteiger partial charge in [-0.3, -0.25) is 9.69 Å². The fourth-order valence-electron chi connectivity index (χ4n) is 4.91. The van der Waals surface area contributed by atoms with E-state index in [1.165, 1.54) is 26.2 Å². The van der Waals surface area contributed by atoms with E-state index in [0.29, 0.717) is 5.16 Å². The van der Waals surface area contributed by atoms with Crippen molar-refractivity contribution < 1.29 is 0 Å². The number of nitrogens with zero attached hydrogens (tertiary/aromatic N) is 5. The van der Waals surface area contributed by atoms with E-state index in [1.807, 2.05) is 6.07 Å². The second-order valence-corrected chi connectivity index (χ2v) is 12.1. The molecule has 34 heavy (non-hydrogen) atoms. The lowest BCUT2D eigenvalue weighted by molar-refractivity contribution is 0.259. The number of rotatable bonds is 6. The van der Waals surface area contributed by atoms with Crippen LogP contribution >= 0.6 is 34.4 Å². The van der Waals surface area contributed by atoms with Gasteiger partial charge in [-0.1, -0.05) is 35.2 Å². The fourth-order valence-corrected chi connectivity index (χ4v) is 8.07. The molecule has 0 spiro atoms. The molecule has 178 valence electrons. The zero-order chi connectivity index (χ0) is 23.1. The lowest BCUT2D eigenvalue weighted by Crippen LogP contribution is -2.46. The number of piperazine rings is 1. The minimum Gasteiger partial charge on any atom is -0.345 e. The van der Waals surface area contributed by atoms with E-state index >= 15 is 0 Å². The highest BCUT2D eigenvalue weighted by molar-refractivity contribution is 7.99. The van der Waals surface area contributed by atoms with Gasteiger partial charge < -0.3 is 10.7 Å². The molecule has 0 amide bonds. The molecule has 4 heterocycles. The Morgan fingerprint density at radius 3 is 2.71 bits per heavy atom. The van der Waals surface area contributed by atoms with Crippen molar-refractivity contribution in [2.75, 3.05) is 49.2 Å². The average molecular weight is 513 g/mol. The summed E-state index contributed by atoms with van der Waals surface area (Å²) in [6.07, 6.45) is 5.43. The van der Waals surface area contributed by atoms with E-state index < -0.39 is 0 Å². The highest BCUT2D eigenvalue weighted by Crippen LogP contribution is 2.34. The number of benzene rings is 1. The molecule has 0 bridgehead atoms. The number of hydrogen-bond donors (Lipinski definition) is 1. The van der Waals surface area contributed by atoms with Crippen LogP contribution in [0.1, 0.15) is 29.7 Å². The molecule has 2 N–H and O–H groups in total. The lowest BCUT2D eigenvalue weighted by atomic mass is 9.97. The SMILES string of the molecule is Nn1c(SCCCN2CCN(c3nc4ccccc4s3)CC2)nc2sc3c(c2c1=O)CCCC3. The summed E-state index contributed by atoms with van der Waals surface area (Å²) in [6.45, 7) is 5.17. The number of thiophene rings is 1. The van der Waals surface area contributed by atoms with Gasteiger partial charge in [-0.25, -0.2) is 14.6 Å². The maximum Gasteiger partial charge on any atom is 0.281 e. The number of aryl methyl sites for hydroxylation is 2. The maximum atomic E-state index is 12.9. The summed E-state index contributed by atoms with van der Waals surface area (Å²) in [7, 11) is 0. The normalized spacial score (nSPS) is 17.0. The number of para-hydroxylation sites is 1. The van der Waals surface area contributed by atoms with Gasteiger partial charge in [-0.15, -0.1) is 11.3 Å². The third-order valence-electron chi connectivity index (χ3n) is 6.76. The van der Waals surface area contributed by atoms with Gasteiger partial charge in [-0.05, 0) is 56.3 Å². The largest absolute Gasteiger partial charge is 0.345 e. The zero-order valence-electron chi connectivity index (χ0n) is 19.0. The van der Waals surface area contributed by atoms with Crippen LogP contribution < -0.4 is 16.3 Å². The molecule has 1 aromatic carbocycles. The Bertz CT molecular complexity index is 1350. The molecule has 2 aliphatic rings. The van der Waals surface area contributed by atoms with Crippen LogP contribution in [0.5, 0.6) is 0 Å². The van der Waals surface area contributed by atoms with Crippen molar-refractivity contribution in [1.29, 1.82) is 0 Å². The van der Waals surface area contributed by atoms with Crippen molar-refractivity contribution in [2.24, 2.45) is 0 Å². The minimum atomic E-state index is -0.0853. The van der Waals surface area contributed by atoms with Crippen molar-refractivity contribution in [3.63, 3.8) is 0 Å². The van der Waals surface area contributed by atoms with Gasteiger partial charge in [0.05, 0.1) is 15.6 Å². The maximum absolute atomic E-state index is 12.9. The van der Waals surface area contributed by atoms with Gasteiger partial charge in [0.15, 0.2) is 10.3 Å². The van der Waals surface area contributed by atoms with Crippen LogP contribution in [0.4, 0.5) is 5.13 Å². The summed E-state index contributed by atoms with van der Waals surface area (Å²) in [6, 6.07) is 8.35. The second-order valence-electron chi connectivity index (χ2n) is 8.96. The number of nitrogens with two attached hydrogens (primary N) is 1. The predicted octanol–water partition coefficient (Wildman–Crippen LogP) is 3.96. The van der Waals surface area contributed by atoms with E-state index in [4.69, 9.17) is 15.8 Å². The number of nitrogen functional groups attached to an aromatic ring is 1. The third-order valence-corrected chi connectivity index (χ3v) is 10.1. The summed E-state index contributed by atoms with van der Waals surface area (Å²) < 4.78 is 2.52. The Morgan fingerprint density at radius 1 is 1.03 bits per heavy atom. The molecule has 0 saturated carbocycles. The van der Waals surface area contributed by atoms with E-state index in [-0.39, 0.29) is 5.56 Å². The molecule has 1 fully saturated rings. The Morgan fingerprint density at radius 2 is 1.85 bits per heavy atom. The minimum absolute atomic E-state index is 0.0853. The first-order valence-corrected chi connectivity index (χ1v) is 14.6. The van der Waals surface area contributed by atoms with Crippen LogP contribution in [-0.4, -0.2) is 58.0 Å². The summed E-state index contributed by atoms with van der Waals surface area (Å²) in [5.41, 5.74) is 2.21. The summed E-state index contributed by atoms with van der Waals surface area (Å²) in [5.74, 6) is 7.07. The number of thioether (sulfide) groups is 1. The summed E-state index contributed by atoms with van der Waals surface area (Å²) in [5, 5.41) is 2.53. The molecular weight excluding hydrogens is 485 g/mol. The fraction of sp³-hybridized carbons (Fsp3) is 0.458. The van der Waals surface area contributed by atoms with Gasteiger partial charge in [-0.2, -0.15) is 0 Å². The van der Waals surface area contributed by atoms with Gasteiger partial charge in [0.2, 0.25) is 0 Å². The number of hydrogen-bond acceptors (Lipinski definition) is 9. The molecule has 1 saturated heterocycles. The zero-order valence-corrected chi connectivity index (χ0v) is 21.5. The summed E-state index contributed by atoms with van der Waals surface area (Å²) in [4.78, 5) is 29.6. The van der Waals surface area contributed by atoms with Crippen molar-refractivity contribution in [3.8, 4) is 0 Å². The molecule has 3 aromatic heterocycles. The van der Waals surface area contributed by atoms with E-state index in [2.05, 4.69) is 28.0 Å². The summed E-state index contributed by atoms with van der Waals surface area (Å²) >= 11 is 5.07. The van der Waals surface area contributed by atoms with Crippen molar-refractivity contribution >= 4 is 60.0 Å². The average Bonchev–Trinajstić information content (AvgIpc) is 3.46. The number of fused-ring (bicyclic) bond motifs is 4. The van der Waals surface area contributed by atoms with E-state index in [0.717, 1.165) is 85.0 Å². The predicted molar refractivity (Wildman–Crippen MR) is 144 cm³/mol. The highest BCUT2D eigenvalue weighted by atomic mass is 32.2. The van der Waals surface area contributed by atoms with E-state index in [9.17, 15) is 4.79 Å². The molecular formula is C24H28N6OS3. The van der Waals surface area contributed by atoms with Crippen LogP contribution in [0.15, 0.2) is 34.2 Å². The third kappa shape index (κ3) is 4.21. The molecule has 6 rings (SSSR count). The molecule has 1 aliphatic carbocycles. The number of anilines is 1. The Labute approximate surface area is 210 Å². The van der Waals surface area contributed by atoms with Gasteiger partial charge >= 0.3 is 0 Å². The first kappa shape index (κ1) is 22.3. The van der Waals surface area contributed by atoms with Crippen LogP contribution in [0.25, 0.3) is 20.4 Å². The number of thiazole rings is 1. The van der Waals surface area contributed by atoms with E-state index in [1.54, 1.807) is 34.4 Å². The highest BCUT2D eigenvalue weighted by Gasteiger charge is 2.22. The first-order chi connectivity index (χ1) is 16.7. The van der Waals surface area contributed by atoms with Crippen molar-refractivity contribution in [3.05, 3.63) is 45.1 Å².